The summed E-state index contributed by atoms with van der Waals surface area (Å²) in [4.78, 5) is 0.0799. The second-order valence-corrected chi connectivity index (χ2v) is 11.7. The summed E-state index contributed by atoms with van der Waals surface area (Å²) in [5, 5.41) is 0. The van der Waals surface area contributed by atoms with Crippen molar-refractivity contribution in [3.8, 4) is 11.5 Å². The second kappa shape index (κ2) is 14.0. The van der Waals surface area contributed by atoms with Crippen molar-refractivity contribution in [2.75, 3.05) is 65.9 Å². The Hall–Kier alpha value is -2.26. The van der Waals surface area contributed by atoms with Gasteiger partial charge in [0.2, 0.25) is 20.0 Å². The summed E-state index contributed by atoms with van der Waals surface area (Å²) in [5.41, 5.74) is 1.55. The molecule has 3 rings (SSSR count). The molecule has 13 heteroatoms. The molecule has 0 aliphatic carbocycles. The van der Waals surface area contributed by atoms with E-state index in [0.717, 1.165) is 11.1 Å². The third-order valence-electron chi connectivity index (χ3n) is 5.20. The first-order valence-corrected chi connectivity index (χ1v) is 14.9. The molecule has 1 aliphatic rings. The van der Waals surface area contributed by atoms with Gasteiger partial charge in [-0.15, -0.1) is 0 Å². The summed E-state index contributed by atoms with van der Waals surface area (Å²) in [7, 11) is -7.64. The third kappa shape index (κ3) is 9.21. The van der Waals surface area contributed by atoms with E-state index in [0.29, 0.717) is 0 Å². The molecule has 2 aromatic carbocycles. The molecule has 206 valence electrons. The van der Waals surface area contributed by atoms with Gasteiger partial charge in [0.15, 0.2) is 0 Å². The first-order chi connectivity index (χ1) is 17.7. The van der Waals surface area contributed by atoms with Crippen LogP contribution in [-0.2, 0) is 34.3 Å². The molecule has 2 N–H and O–H groups in total. The van der Waals surface area contributed by atoms with E-state index in [4.69, 9.17) is 23.7 Å². The third-order valence-corrected chi connectivity index (χ3v) is 8.16. The standard InChI is InChI=1S/C24H34N2O9S2/c1-19-3-5-21-23(17-19)36(27,28)25-7-9-31-11-12-32-10-8-26-37(29,30)24-18-20(2)4-6-22(24)35-16-14-33-13-15-34-21/h3-6,17-18,25-26H,7-16H2,1-2H3. The molecule has 2 aromatic rings. The molecule has 0 radical (unpaired) electrons. The number of aryl methyl sites for hydroxylation is 2. The largest absolute Gasteiger partial charge is 0.490 e. The molecular formula is C24H34N2O9S2. The van der Waals surface area contributed by atoms with E-state index >= 15 is 0 Å². The average molecular weight is 559 g/mol. The van der Waals surface area contributed by atoms with Crippen molar-refractivity contribution in [2.24, 2.45) is 0 Å². The van der Waals surface area contributed by atoms with Gasteiger partial charge in [0.05, 0.1) is 39.6 Å². The van der Waals surface area contributed by atoms with Gasteiger partial charge < -0.3 is 23.7 Å². The smallest absolute Gasteiger partial charge is 0.244 e. The van der Waals surface area contributed by atoms with Crippen LogP contribution in [0.15, 0.2) is 46.2 Å². The minimum absolute atomic E-state index is 0.0400. The van der Waals surface area contributed by atoms with E-state index in [1.807, 2.05) is 0 Å². The monoisotopic (exact) mass is 558 g/mol. The van der Waals surface area contributed by atoms with Gasteiger partial charge in [-0.2, -0.15) is 0 Å². The summed E-state index contributed by atoms with van der Waals surface area (Å²) in [6, 6.07) is 9.83. The molecule has 0 unspecified atom stereocenters. The highest BCUT2D eigenvalue weighted by Gasteiger charge is 2.21. The van der Waals surface area contributed by atoms with Gasteiger partial charge >= 0.3 is 0 Å². The van der Waals surface area contributed by atoms with Crippen LogP contribution in [0.4, 0.5) is 0 Å². The fourth-order valence-electron chi connectivity index (χ4n) is 3.39. The van der Waals surface area contributed by atoms with E-state index in [1.54, 1.807) is 50.2 Å². The molecule has 0 atom stereocenters. The Morgan fingerprint density at radius 1 is 0.568 bits per heavy atom. The van der Waals surface area contributed by atoms with Gasteiger partial charge in [-0.05, 0) is 49.2 Å². The predicted octanol–water partition coefficient (Wildman–Crippen LogP) is 1.38. The van der Waals surface area contributed by atoms with Gasteiger partial charge in [0, 0.05) is 13.1 Å². The van der Waals surface area contributed by atoms with E-state index in [-0.39, 0.29) is 87.2 Å². The zero-order chi connectivity index (χ0) is 26.7. The topological polar surface area (TPSA) is 138 Å². The zero-order valence-electron chi connectivity index (χ0n) is 21.0. The second-order valence-electron chi connectivity index (χ2n) is 8.23. The molecule has 11 nitrogen and oxygen atoms in total. The molecule has 0 saturated heterocycles. The quantitative estimate of drug-likeness (QED) is 0.491. The summed E-state index contributed by atoms with van der Waals surface area (Å²) in [5.74, 6) is 0.431. The Labute approximate surface area is 218 Å². The van der Waals surface area contributed by atoms with Crippen molar-refractivity contribution >= 4 is 20.0 Å². The van der Waals surface area contributed by atoms with Crippen molar-refractivity contribution in [3.05, 3.63) is 47.5 Å². The molecule has 0 fully saturated rings. The summed E-state index contributed by atoms with van der Waals surface area (Å²) < 4.78 is 84.0. The lowest BCUT2D eigenvalue weighted by atomic mass is 10.2. The van der Waals surface area contributed by atoms with Crippen molar-refractivity contribution in [1.29, 1.82) is 0 Å². The maximum absolute atomic E-state index is 12.8. The maximum Gasteiger partial charge on any atom is 0.244 e. The number of benzene rings is 2. The molecule has 0 aromatic heterocycles. The average Bonchev–Trinajstić information content (AvgIpc) is 2.85. The summed E-state index contributed by atoms with van der Waals surface area (Å²) in [6.07, 6.45) is 0. The van der Waals surface area contributed by atoms with E-state index < -0.39 is 20.0 Å². The molecule has 0 saturated carbocycles. The fourth-order valence-corrected chi connectivity index (χ4v) is 5.87. The van der Waals surface area contributed by atoms with Crippen LogP contribution in [0.1, 0.15) is 11.1 Å². The van der Waals surface area contributed by atoms with Gasteiger partial charge in [0.25, 0.3) is 0 Å². The van der Waals surface area contributed by atoms with Gasteiger partial charge in [-0.3, -0.25) is 0 Å². The number of ether oxygens (including phenoxy) is 5. The van der Waals surface area contributed by atoms with Gasteiger partial charge in [-0.1, -0.05) is 12.1 Å². The van der Waals surface area contributed by atoms with Crippen molar-refractivity contribution in [3.63, 3.8) is 0 Å². The normalized spacial score (nSPS) is 20.4. The molecule has 1 heterocycles. The van der Waals surface area contributed by atoms with Crippen LogP contribution in [-0.4, -0.2) is 82.8 Å². The number of hydrogen-bond donors (Lipinski definition) is 2. The first-order valence-electron chi connectivity index (χ1n) is 11.9. The minimum atomic E-state index is -3.82. The van der Waals surface area contributed by atoms with Gasteiger partial charge in [0.1, 0.15) is 34.5 Å². The molecule has 37 heavy (non-hydrogen) atoms. The Kier molecular flexibility index (Phi) is 11.1. The van der Waals surface area contributed by atoms with Crippen molar-refractivity contribution in [2.45, 2.75) is 23.6 Å². The Balaban J connectivity index is 1.68. The molecule has 0 amide bonds. The summed E-state index contributed by atoms with van der Waals surface area (Å²) >= 11 is 0. The molecular weight excluding hydrogens is 524 g/mol. The van der Waals surface area contributed by atoms with Crippen LogP contribution < -0.4 is 18.9 Å². The highest BCUT2D eigenvalue weighted by atomic mass is 32.2. The lowest BCUT2D eigenvalue weighted by Crippen LogP contribution is -2.29. The number of rotatable bonds is 0. The lowest BCUT2D eigenvalue weighted by molar-refractivity contribution is 0.0522. The van der Waals surface area contributed by atoms with E-state index in [2.05, 4.69) is 9.44 Å². The SMILES string of the molecule is Cc1ccc2c(c1)S(=O)(=O)NCCOCCOCCNS(=O)(=O)c1cc(C)ccc1OCCOCCO2. The first kappa shape index (κ1) is 29.3. The highest BCUT2D eigenvalue weighted by molar-refractivity contribution is 7.89. The van der Waals surface area contributed by atoms with Crippen LogP contribution in [0, 0.1) is 13.8 Å². The maximum atomic E-state index is 12.8. The van der Waals surface area contributed by atoms with E-state index in [9.17, 15) is 16.8 Å². The van der Waals surface area contributed by atoms with Crippen molar-refractivity contribution in [1.82, 2.24) is 9.44 Å². The number of nitrogens with one attached hydrogen (secondary N) is 2. The predicted molar refractivity (Wildman–Crippen MR) is 136 cm³/mol. The van der Waals surface area contributed by atoms with Crippen LogP contribution in [0.5, 0.6) is 11.5 Å². The number of hydrogen-bond acceptors (Lipinski definition) is 9. The Bertz CT molecular complexity index is 1140. The fraction of sp³-hybridized carbons (Fsp3) is 0.500. The highest BCUT2D eigenvalue weighted by Crippen LogP contribution is 2.26. The Morgan fingerprint density at radius 2 is 0.946 bits per heavy atom. The minimum Gasteiger partial charge on any atom is -0.490 e. The zero-order valence-corrected chi connectivity index (χ0v) is 22.7. The molecule has 0 bridgehead atoms. The van der Waals surface area contributed by atoms with Crippen LogP contribution in [0.3, 0.4) is 0 Å². The van der Waals surface area contributed by atoms with Crippen LogP contribution >= 0.6 is 0 Å². The van der Waals surface area contributed by atoms with Crippen LogP contribution in [0.2, 0.25) is 0 Å². The lowest BCUT2D eigenvalue weighted by Gasteiger charge is -2.15. The summed E-state index contributed by atoms with van der Waals surface area (Å²) in [6.45, 7) is 5.05. The molecule has 0 spiro atoms. The Morgan fingerprint density at radius 3 is 1.38 bits per heavy atom. The van der Waals surface area contributed by atoms with Crippen LogP contribution in [0.25, 0.3) is 0 Å². The number of fused-ring (bicyclic) bond motifs is 2. The molecule has 1 aliphatic heterocycles. The van der Waals surface area contributed by atoms with Gasteiger partial charge in [-0.25, -0.2) is 26.3 Å². The van der Waals surface area contributed by atoms with E-state index in [1.165, 1.54) is 0 Å². The van der Waals surface area contributed by atoms with Crippen molar-refractivity contribution < 1.29 is 40.5 Å². The number of sulfonamides is 2.